The first kappa shape index (κ1) is 14.9. The van der Waals surface area contributed by atoms with Gasteiger partial charge in [0.2, 0.25) is 0 Å². The Morgan fingerprint density at radius 3 is 2.94 bits per heavy atom. The highest BCUT2D eigenvalue weighted by molar-refractivity contribution is 7.98. The standard InChI is InChI=1S/C14H19NO2S/c1-17-14-6-5-12(11-18-9-3-8-16)10-13(14)4-2-7-15/h5-6,10,16H,3,7-9,11,15H2,1H3. The molecule has 0 unspecified atom stereocenters. The van der Waals surface area contributed by atoms with E-state index in [9.17, 15) is 0 Å². The van der Waals surface area contributed by atoms with Crippen LogP contribution in [-0.4, -0.2) is 31.1 Å². The van der Waals surface area contributed by atoms with Crippen LogP contribution in [0.15, 0.2) is 18.2 Å². The third-order valence-corrected chi connectivity index (χ3v) is 3.42. The van der Waals surface area contributed by atoms with Crippen LogP contribution in [0.5, 0.6) is 5.75 Å². The molecular weight excluding hydrogens is 246 g/mol. The van der Waals surface area contributed by atoms with Crippen molar-refractivity contribution in [3.05, 3.63) is 29.3 Å². The molecule has 0 heterocycles. The average Bonchev–Trinajstić information content (AvgIpc) is 2.41. The number of rotatable bonds is 6. The van der Waals surface area contributed by atoms with Gasteiger partial charge in [0.15, 0.2) is 0 Å². The van der Waals surface area contributed by atoms with E-state index in [2.05, 4.69) is 11.8 Å². The summed E-state index contributed by atoms with van der Waals surface area (Å²) in [5.41, 5.74) is 7.46. The molecule has 3 N–H and O–H groups in total. The number of hydrogen-bond acceptors (Lipinski definition) is 4. The first-order valence-electron chi connectivity index (χ1n) is 5.86. The third kappa shape index (κ3) is 5.01. The van der Waals surface area contributed by atoms with Crippen LogP contribution in [0.4, 0.5) is 0 Å². The fraction of sp³-hybridized carbons (Fsp3) is 0.429. The zero-order chi connectivity index (χ0) is 13.2. The molecule has 1 aromatic rings. The molecular formula is C14H19NO2S. The van der Waals surface area contributed by atoms with Crippen LogP contribution in [-0.2, 0) is 5.75 Å². The first-order chi connectivity index (χ1) is 8.81. The lowest BCUT2D eigenvalue weighted by Crippen LogP contribution is -1.95. The summed E-state index contributed by atoms with van der Waals surface area (Å²) >= 11 is 1.80. The highest BCUT2D eigenvalue weighted by Crippen LogP contribution is 2.21. The summed E-state index contributed by atoms with van der Waals surface area (Å²) in [6.07, 6.45) is 0.834. The van der Waals surface area contributed by atoms with Gasteiger partial charge in [-0.3, -0.25) is 0 Å². The van der Waals surface area contributed by atoms with Crippen LogP contribution in [0.25, 0.3) is 0 Å². The van der Waals surface area contributed by atoms with Crippen LogP contribution in [0, 0.1) is 11.8 Å². The van der Waals surface area contributed by atoms with Crippen molar-refractivity contribution in [3.8, 4) is 17.6 Å². The largest absolute Gasteiger partial charge is 0.495 e. The molecule has 0 saturated carbocycles. The molecule has 0 radical (unpaired) electrons. The number of nitrogens with two attached hydrogens (primary N) is 1. The molecule has 98 valence electrons. The molecule has 0 amide bonds. The average molecular weight is 265 g/mol. The predicted octanol–water partition coefficient (Wildman–Crippen LogP) is 1.62. The summed E-state index contributed by atoms with van der Waals surface area (Å²) in [6.45, 7) is 0.599. The predicted molar refractivity (Wildman–Crippen MR) is 76.8 cm³/mol. The second-order valence-electron chi connectivity index (χ2n) is 3.67. The smallest absolute Gasteiger partial charge is 0.134 e. The van der Waals surface area contributed by atoms with E-state index in [1.807, 2.05) is 18.2 Å². The Morgan fingerprint density at radius 1 is 1.44 bits per heavy atom. The molecule has 0 aliphatic rings. The van der Waals surface area contributed by atoms with E-state index in [1.54, 1.807) is 18.9 Å². The van der Waals surface area contributed by atoms with Crippen molar-refractivity contribution >= 4 is 11.8 Å². The zero-order valence-corrected chi connectivity index (χ0v) is 11.4. The van der Waals surface area contributed by atoms with Crippen LogP contribution in [0.1, 0.15) is 17.5 Å². The van der Waals surface area contributed by atoms with Gasteiger partial charge in [0.05, 0.1) is 19.2 Å². The number of hydrogen-bond donors (Lipinski definition) is 2. The molecule has 1 rings (SSSR count). The van der Waals surface area contributed by atoms with Crippen LogP contribution in [0.3, 0.4) is 0 Å². The number of methoxy groups -OCH3 is 1. The maximum absolute atomic E-state index is 8.71. The Balaban J connectivity index is 2.70. The minimum Gasteiger partial charge on any atom is -0.495 e. The monoisotopic (exact) mass is 265 g/mol. The minimum atomic E-state index is 0.253. The maximum atomic E-state index is 8.71. The molecule has 0 atom stereocenters. The van der Waals surface area contributed by atoms with Gasteiger partial charge in [-0.15, -0.1) is 0 Å². The normalized spacial score (nSPS) is 9.72. The van der Waals surface area contributed by atoms with Crippen molar-refractivity contribution in [1.82, 2.24) is 0 Å². The highest BCUT2D eigenvalue weighted by atomic mass is 32.2. The van der Waals surface area contributed by atoms with Gasteiger partial charge in [0.25, 0.3) is 0 Å². The van der Waals surface area contributed by atoms with Crippen molar-refractivity contribution < 1.29 is 9.84 Å². The van der Waals surface area contributed by atoms with E-state index in [-0.39, 0.29) is 6.61 Å². The van der Waals surface area contributed by atoms with E-state index in [0.29, 0.717) is 6.54 Å². The summed E-state index contributed by atoms with van der Waals surface area (Å²) in [6, 6.07) is 6.01. The number of aliphatic hydroxyl groups excluding tert-OH is 1. The molecule has 3 nitrogen and oxygen atoms in total. The summed E-state index contributed by atoms with van der Waals surface area (Å²) in [5.74, 6) is 8.52. The lowest BCUT2D eigenvalue weighted by molar-refractivity contribution is 0.296. The second kappa shape index (κ2) is 8.87. The lowest BCUT2D eigenvalue weighted by Gasteiger charge is -2.06. The molecule has 0 aliphatic carbocycles. The molecule has 0 saturated heterocycles. The van der Waals surface area contributed by atoms with Crippen LogP contribution >= 0.6 is 11.8 Å². The summed E-state index contributed by atoms with van der Waals surface area (Å²) < 4.78 is 5.26. The number of ether oxygens (including phenoxy) is 1. The number of benzene rings is 1. The first-order valence-corrected chi connectivity index (χ1v) is 7.01. The summed E-state index contributed by atoms with van der Waals surface area (Å²) in [7, 11) is 1.64. The lowest BCUT2D eigenvalue weighted by atomic mass is 10.1. The van der Waals surface area contributed by atoms with Gasteiger partial charge in [-0.2, -0.15) is 11.8 Å². The Kier molecular flexibility index (Phi) is 7.35. The molecule has 0 bridgehead atoms. The van der Waals surface area contributed by atoms with Gasteiger partial charge in [-0.05, 0) is 29.9 Å². The van der Waals surface area contributed by atoms with Gasteiger partial charge >= 0.3 is 0 Å². The van der Waals surface area contributed by atoms with Crippen LogP contribution < -0.4 is 10.5 Å². The molecule has 18 heavy (non-hydrogen) atoms. The van der Waals surface area contributed by atoms with Crippen molar-refractivity contribution in [3.63, 3.8) is 0 Å². The molecule has 0 aliphatic heterocycles. The summed E-state index contributed by atoms with van der Waals surface area (Å²) in [5, 5.41) is 8.71. The third-order valence-electron chi connectivity index (χ3n) is 2.30. The fourth-order valence-electron chi connectivity index (χ4n) is 1.45. The molecule has 4 heteroatoms. The number of thioether (sulfide) groups is 1. The van der Waals surface area contributed by atoms with Crippen molar-refractivity contribution in [2.45, 2.75) is 12.2 Å². The summed E-state index contributed by atoms with van der Waals surface area (Å²) in [4.78, 5) is 0. The van der Waals surface area contributed by atoms with Crippen molar-refractivity contribution in [2.24, 2.45) is 5.73 Å². The SMILES string of the molecule is COc1ccc(CSCCCO)cc1C#CCN. The number of aliphatic hydroxyl groups is 1. The molecule has 1 aromatic carbocycles. The van der Waals surface area contributed by atoms with E-state index >= 15 is 0 Å². The zero-order valence-electron chi connectivity index (χ0n) is 10.6. The Morgan fingerprint density at radius 2 is 2.28 bits per heavy atom. The van der Waals surface area contributed by atoms with E-state index < -0.39 is 0 Å². The quantitative estimate of drug-likeness (QED) is 0.606. The van der Waals surface area contributed by atoms with E-state index in [4.69, 9.17) is 15.6 Å². The van der Waals surface area contributed by atoms with E-state index in [0.717, 1.165) is 29.2 Å². The Bertz CT molecular complexity index is 424. The Labute approximate surface area is 113 Å². The molecule has 0 fully saturated rings. The van der Waals surface area contributed by atoms with Gasteiger partial charge < -0.3 is 15.6 Å². The van der Waals surface area contributed by atoms with E-state index in [1.165, 1.54) is 5.56 Å². The van der Waals surface area contributed by atoms with Gasteiger partial charge in [-0.25, -0.2) is 0 Å². The minimum absolute atomic E-state index is 0.253. The maximum Gasteiger partial charge on any atom is 0.134 e. The van der Waals surface area contributed by atoms with Gasteiger partial charge in [-0.1, -0.05) is 17.9 Å². The molecule has 0 aromatic heterocycles. The molecule has 0 spiro atoms. The van der Waals surface area contributed by atoms with Crippen molar-refractivity contribution in [1.29, 1.82) is 0 Å². The van der Waals surface area contributed by atoms with Gasteiger partial charge in [0, 0.05) is 12.4 Å². The fourth-order valence-corrected chi connectivity index (χ4v) is 2.34. The topological polar surface area (TPSA) is 55.5 Å². The second-order valence-corrected chi connectivity index (χ2v) is 4.78. The Hall–Kier alpha value is -1.15. The van der Waals surface area contributed by atoms with Crippen LogP contribution in [0.2, 0.25) is 0 Å². The van der Waals surface area contributed by atoms with Gasteiger partial charge in [0.1, 0.15) is 5.75 Å². The van der Waals surface area contributed by atoms with Crippen molar-refractivity contribution in [2.75, 3.05) is 26.0 Å². The highest BCUT2D eigenvalue weighted by Gasteiger charge is 2.02.